The number of aromatic nitrogens is 2. The van der Waals surface area contributed by atoms with Crippen LogP contribution in [-0.4, -0.2) is 32.3 Å². The first-order valence-corrected chi connectivity index (χ1v) is 11.8. The third-order valence-electron chi connectivity index (χ3n) is 5.39. The van der Waals surface area contributed by atoms with Crippen LogP contribution in [-0.2, 0) is 11.3 Å². The molecule has 0 bridgehead atoms. The number of carbonyl (C=O) groups excluding carboxylic acids is 2. The van der Waals surface area contributed by atoms with Gasteiger partial charge in [-0.1, -0.05) is 53.2 Å². The van der Waals surface area contributed by atoms with E-state index < -0.39 is 6.04 Å². The molecular weight excluding hydrogens is 416 g/mol. The SMILES string of the molecule is Cc1ccc(CN(C(=O)c2csnn2)[C@H](C(=O)NC2CCCC2)c2cccs2)cc1. The molecule has 1 aromatic carbocycles. The van der Waals surface area contributed by atoms with Gasteiger partial charge in [-0.05, 0) is 48.3 Å². The number of rotatable bonds is 7. The van der Waals surface area contributed by atoms with Gasteiger partial charge in [-0.2, -0.15) is 0 Å². The van der Waals surface area contributed by atoms with E-state index in [1.165, 1.54) is 11.3 Å². The average molecular weight is 441 g/mol. The highest BCUT2D eigenvalue weighted by atomic mass is 32.1. The lowest BCUT2D eigenvalue weighted by Crippen LogP contribution is -2.45. The Morgan fingerprint density at radius 2 is 1.97 bits per heavy atom. The number of hydrogen-bond acceptors (Lipinski definition) is 6. The van der Waals surface area contributed by atoms with Crippen molar-refractivity contribution >= 4 is 34.7 Å². The molecule has 1 aliphatic rings. The van der Waals surface area contributed by atoms with Crippen molar-refractivity contribution in [3.05, 3.63) is 68.9 Å². The molecule has 2 heterocycles. The maximum absolute atomic E-state index is 13.4. The summed E-state index contributed by atoms with van der Waals surface area (Å²) in [5.74, 6) is -0.419. The van der Waals surface area contributed by atoms with Gasteiger partial charge in [0.2, 0.25) is 5.91 Å². The van der Waals surface area contributed by atoms with E-state index in [-0.39, 0.29) is 23.6 Å². The van der Waals surface area contributed by atoms with Gasteiger partial charge in [0.25, 0.3) is 5.91 Å². The fraction of sp³-hybridized carbons (Fsp3) is 0.364. The van der Waals surface area contributed by atoms with Crippen molar-refractivity contribution < 1.29 is 9.59 Å². The minimum atomic E-state index is -0.707. The molecule has 6 nitrogen and oxygen atoms in total. The smallest absolute Gasteiger partial charge is 0.276 e. The predicted octanol–water partition coefficient (Wildman–Crippen LogP) is 4.35. The predicted molar refractivity (Wildman–Crippen MR) is 118 cm³/mol. The second-order valence-corrected chi connectivity index (χ2v) is 9.21. The number of nitrogens with one attached hydrogen (secondary N) is 1. The van der Waals surface area contributed by atoms with Crippen LogP contribution < -0.4 is 5.32 Å². The van der Waals surface area contributed by atoms with Crippen molar-refractivity contribution in [3.8, 4) is 0 Å². The molecule has 1 N–H and O–H groups in total. The summed E-state index contributed by atoms with van der Waals surface area (Å²) in [5, 5.41) is 10.7. The molecule has 0 unspecified atom stereocenters. The summed E-state index contributed by atoms with van der Waals surface area (Å²) in [7, 11) is 0. The largest absolute Gasteiger partial charge is 0.351 e. The van der Waals surface area contributed by atoms with Crippen molar-refractivity contribution in [1.82, 2.24) is 19.8 Å². The van der Waals surface area contributed by atoms with Gasteiger partial charge in [0, 0.05) is 22.8 Å². The summed E-state index contributed by atoms with van der Waals surface area (Å²) < 4.78 is 3.84. The van der Waals surface area contributed by atoms with E-state index in [1.807, 2.05) is 48.7 Å². The molecule has 0 radical (unpaired) electrons. The number of hydrogen-bond donors (Lipinski definition) is 1. The zero-order valence-corrected chi connectivity index (χ0v) is 18.4. The van der Waals surface area contributed by atoms with Crippen molar-refractivity contribution in [1.29, 1.82) is 0 Å². The molecule has 2 amide bonds. The van der Waals surface area contributed by atoms with Crippen molar-refractivity contribution in [2.75, 3.05) is 0 Å². The number of thiophene rings is 1. The molecule has 156 valence electrons. The highest BCUT2D eigenvalue weighted by Crippen LogP contribution is 2.30. The topological polar surface area (TPSA) is 75.2 Å². The van der Waals surface area contributed by atoms with Crippen LogP contribution >= 0.6 is 22.9 Å². The van der Waals surface area contributed by atoms with Gasteiger partial charge in [-0.15, -0.1) is 16.4 Å². The monoisotopic (exact) mass is 440 g/mol. The highest BCUT2D eigenvalue weighted by Gasteiger charge is 2.35. The van der Waals surface area contributed by atoms with Crippen LogP contribution in [0.15, 0.2) is 47.2 Å². The van der Waals surface area contributed by atoms with E-state index in [0.29, 0.717) is 6.54 Å². The third kappa shape index (κ3) is 4.76. The first kappa shape index (κ1) is 20.7. The number of benzene rings is 1. The normalized spacial score (nSPS) is 15.1. The van der Waals surface area contributed by atoms with E-state index in [9.17, 15) is 9.59 Å². The summed E-state index contributed by atoms with van der Waals surface area (Å²) in [6.07, 6.45) is 4.24. The summed E-state index contributed by atoms with van der Waals surface area (Å²) >= 11 is 2.62. The van der Waals surface area contributed by atoms with E-state index in [4.69, 9.17) is 0 Å². The standard InChI is InChI=1S/C22H24N4O2S2/c1-15-8-10-16(11-9-15)13-26(22(28)18-14-30-25-24-18)20(19-7-4-12-29-19)21(27)23-17-5-2-3-6-17/h4,7-12,14,17,20H,2-3,5-6,13H2,1H3,(H,23,27)/t20-/m0/s1. The lowest BCUT2D eigenvalue weighted by Gasteiger charge is -2.31. The second-order valence-electron chi connectivity index (χ2n) is 7.62. The van der Waals surface area contributed by atoms with E-state index >= 15 is 0 Å². The van der Waals surface area contributed by atoms with Crippen LogP contribution in [0.3, 0.4) is 0 Å². The fourth-order valence-corrected chi connectivity index (χ4v) is 5.06. The zero-order valence-electron chi connectivity index (χ0n) is 16.8. The van der Waals surface area contributed by atoms with Gasteiger partial charge in [-0.3, -0.25) is 9.59 Å². The minimum Gasteiger partial charge on any atom is -0.351 e. The number of carbonyl (C=O) groups is 2. The maximum Gasteiger partial charge on any atom is 0.276 e. The molecule has 1 atom stereocenters. The Balaban J connectivity index is 1.68. The van der Waals surface area contributed by atoms with Gasteiger partial charge >= 0.3 is 0 Å². The van der Waals surface area contributed by atoms with Crippen molar-refractivity contribution in [3.63, 3.8) is 0 Å². The Morgan fingerprint density at radius 3 is 2.60 bits per heavy atom. The lowest BCUT2D eigenvalue weighted by atomic mass is 10.1. The molecule has 0 aliphatic heterocycles. The number of aryl methyl sites for hydroxylation is 1. The average Bonchev–Trinajstić information content (AvgIpc) is 3.52. The first-order chi connectivity index (χ1) is 14.6. The van der Waals surface area contributed by atoms with Crippen LogP contribution in [0.25, 0.3) is 0 Å². The Bertz CT molecular complexity index is 965. The maximum atomic E-state index is 13.4. The second kappa shape index (κ2) is 9.49. The quantitative estimate of drug-likeness (QED) is 0.593. The van der Waals surface area contributed by atoms with E-state index in [1.54, 1.807) is 10.3 Å². The van der Waals surface area contributed by atoms with Crippen LogP contribution in [0.4, 0.5) is 0 Å². The number of amides is 2. The first-order valence-electron chi connectivity index (χ1n) is 10.1. The minimum absolute atomic E-state index is 0.131. The molecule has 1 aliphatic carbocycles. The van der Waals surface area contributed by atoms with Crippen LogP contribution in [0.2, 0.25) is 0 Å². The lowest BCUT2D eigenvalue weighted by molar-refractivity contribution is -0.126. The molecular formula is C22H24N4O2S2. The summed E-state index contributed by atoms with van der Waals surface area (Å²) in [6.45, 7) is 2.34. The Hall–Kier alpha value is -2.58. The van der Waals surface area contributed by atoms with Gasteiger partial charge in [0.05, 0.1) is 0 Å². The summed E-state index contributed by atoms with van der Waals surface area (Å²) in [4.78, 5) is 29.3. The summed E-state index contributed by atoms with van der Waals surface area (Å²) in [6, 6.07) is 11.3. The van der Waals surface area contributed by atoms with Gasteiger partial charge < -0.3 is 10.2 Å². The fourth-order valence-electron chi connectivity index (χ4n) is 3.80. The number of nitrogens with zero attached hydrogens (tertiary/aromatic N) is 3. The Morgan fingerprint density at radius 1 is 1.20 bits per heavy atom. The van der Waals surface area contributed by atoms with Crippen molar-refractivity contribution in [2.24, 2.45) is 0 Å². The zero-order chi connectivity index (χ0) is 20.9. The molecule has 4 rings (SSSR count). The molecule has 0 spiro atoms. The molecule has 2 aromatic heterocycles. The summed E-state index contributed by atoms with van der Waals surface area (Å²) in [5.41, 5.74) is 2.38. The van der Waals surface area contributed by atoms with Gasteiger partial charge in [0.1, 0.15) is 6.04 Å². The molecule has 1 saturated carbocycles. The van der Waals surface area contributed by atoms with Crippen LogP contribution in [0.1, 0.15) is 58.2 Å². The third-order valence-corrected chi connectivity index (χ3v) is 6.82. The van der Waals surface area contributed by atoms with Gasteiger partial charge in [-0.25, -0.2) is 0 Å². The Kier molecular flexibility index (Phi) is 6.54. The van der Waals surface area contributed by atoms with Crippen LogP contribution in [0, 0.1) is 6.92 Å². The molecule has 8 heteroatoms. The Labute approximate surface area is 184 Å². The van der Waals surface area contributed by atoms with Gasteiger partial charge in [0.15, 0.2) is 5.69 Å². The molecule has 3 aromatic rings. The van der Waals surface area contributed by atoms with E-state index in [0.717, 1.165) is 53.2 Å². The van der Waals surface area contributed by atoms with E-state index in [2.05, 4.69) is 14.9 Å². The molecule has 30 heavy (non-hydrogen) atoms. The molecule has 0 saturated heterocycles. The highest BCUT2D eigenvalue weighted by molar-refractivity contribution is 7.10. The molecule has 1 fully saturated rings. The van der Waals surface area contributed by atoms with Crippen molar-refractivity contribution in [2.45, 2.75) is 51.2 Å². The van der Waals surface area contributed by atoms with Crippen LogP contribution in [0.5, 0.6) is 0 Å².